The number of rotatable bonds is 6. The summed E-state index contributed by atoms with van der Waals surface area (Å²) >= 11 is 1.13. The Morgan fingerprint density at radius 3 is 2.84 bits per heavy atom. The third kappa shape index (κ3) is 5.74. The SMILES string of the molecule is CCOC(=O)C(CSC(C)=O)Cc1ccnc(N)c1. The molecule has 0 aliphatic heterocycles. The van der Waals surface area contributed by atoms with Crippen molar-refractivity contribution in [2.24, 2.45) is 5.92 Å². The molecule has 1 aromatic heterocycles. The number of pyridine rings is 1. The van der Waals surface area contributed by atoms with Crippen molar-refractivity contribution in [3.8, 4) is 0 Å². The molecule has 0 aromatic carbocycles. The molecule has 0 fully saturated rings. The highest BCUT2D eigenvalue weighted by Crippen LogP contribution is 2.17. The van der Waals surface area contributed by atoms with Crippen molar-refractivity contribution < 1.29 is 14.3 Å². The molecule has 1 unspecified atom stereocenters. The summed E-state index contributed by atoms with van der Waals surface area (Å²) in [6, 6.07) is 3.53. The smallest absolute Gasteiger partial charge is 0.310 e. The number of aromatic nitrogens is 1. The highest BCUT2D eigenvalue weighted by Gasteiger charge is 2.21. The number of esters is 1. The van der Waals surface area contributed by atoms with Gasteiger partial charge in [-0.2, -0.15) is 0 Å². The average molecular weight is 282 g/mol. The number of nitrogen functional groups attached to an aromatic ring is 1. The van der Waals surface area contributed by atoms with Crippen molar-refractivity contribution in [1.82, 2.24) is 4.98 Å². The first-order valence-corrected chi connectivity index (χ1v) is 7.02. The summed E-state index contributed by atoms with van der Waals surface area (Å²) in [6.45, 7) is 3.58. The Labute approximate surface area is 116 Å². The minimum atomic E-state index is -0.351. The topological polar surface area (TPSA) is 82.3 Å². The number of carbonyl (C=O) groups is 2. The fourth-order valence-corrected chi connectivity index (χ4v) is 2.28. The lowest BCUT2D eigenvalue weighted by molar-refractivity contribution is -0.147. The van der Waals surface area contributed by atoms with Gasteiger partial charge in [-0.05, 0) is 31.0 Å². The molecular formula is C13H18N2O3S. The van der Waals surface area contributed by atoms with Crippen LogP contribution in [0.25, 0.3) is 0 Å². The first kappa shape index (κ1) is 15.5. The van der Waals surface area contributed by atoms with Crippen LogP contribution in [0.4, 0.5) is 5.82 Å². The minimum absolute atomic E-state index is 0.0106. The van der Waals surface area contributed by atoms with Gasteiger partial charge >= 0.3 is 5.97 Å². The molecule has 19 heavy (non-hydrogen) atoms. The molecule has 1 atom stereocenters. The van der Waals surface area contributed by atoms with Gasteiger partial charge < -0.3 is 10.5 Å². The van der Waals surface area contributed by atoms with Crippen LogP contribution in [0.5, 0.6) is 0 Å². The zero-order valence-corrected chi connectivity index (χ0v) is 11.9. The zero-order chi connectivity index (χ0) is 14.3. The highest BCUT2D eigenvalue weighted by molar-refractivity contribution is 8.13. The molecule has 0 bridgehead atoms. The lowest BCUT2D eigenvalue weighted by Crippen LogP contribution is -2.23. The van der Waals surface area contributed by atoms with E-state index in [9.17, 15) is 9.59 Å². The van der Waals surface area contributed by atoms with E-state index in [4.69, 9.17) is 10.5 Å². The molecule has 0 aliphatic carbocycles. The Hall–Kier alpha value is -1.56. The number of thioether (sulfide) groups is 1. The van der Waals surface area contributed by atoms with Crippen LogP contribution in [-0.2, 0) is 20.7 Å². The first-order valence-electron chi connectivity index (χ1n) is 6.03. The van der Waals surface area contributed by atoms with Crippen LogP contribution in [0.1, 0.15) is 19.4 Å². The summed E-state index contributed by atoms with van der Waals surface area (Å²) < 4.78 is 5.03. The van der Waals surface area contributed by atoms with Crippen molar-refractivity contribution in [3.05, 3.63) is 23.9 Å². The van der Waals surface area contributed by atoms with Gasteiger partial charge in [0, 0.05) is 18.9 Å². The number of anilines is 1. The van der Waals surface area contributed by atoms with E-state index in [1.807, 2.05) is 0 Å². The molecule has 0 saturated heterocycles. The molecule has 0 saturated carbocycles. The van der Waals surface area contributed by atoms with E-state index < -0.39 is 0 Å². The molecule has 1 heterocycles. The van der Waals surface area contributed by atoms with E-state index in [0.29, 0.717) is 24.6 Å². The van der Waals surface area contributed by atoms with Gasteiger partial charge in [0.2, 0.25) is 0 Å². The molecule has 1 aromatic rings. The lowest BCUT2D eigenvalue weighted by atomic mass is 10.0. The molecule has 104 valence electrons. The van der Waals surface area contributed by atoms with Crippen LogP contribution in [-0.4, -0.2) is 28.4 Å². The summed E-state index contributed by atoms with van der Waals surface area (Å²) in [6.07, 6.45) is 2.09. The second-order valence-electron chi connectivity index (χ2n) is 4.04. The van der Waals surface area contributed by atoms with Gasteiger partial charge in [-0.1, -0.05) is 11.8 Å². The van der Waals surface area contributed by atoms with Crippen LogP contribution in [0.2, 0.25) is 0 Å². The quantitative estimate of drug-likeness (QED) is 0.799. The van der Waals surface area contributed by atoms with Crippen LogP contribution in [0.15, 0.2) is 18.3 Å². The van der Waals surface area contributed by atoms with Gasteiger partial charge in [0.1, 0.15) is 5.82 Å². The number of carbonyl (C=O) groups excluding carboxylic acids is 2. The molecule has 0 spiro atoms. The van der Waals surface area contributed by atoms with E-state index in [1.165, 1.54) is 6.92 Å². The van der Waals surface area contributed by atoms with Gasteiger partial charge in [0.25, 0.3) is 0 Å². The summed E-state index contributed by atoms with van der Waals surface area (Å²) in [5.41, 5.74) is 6.52. The number of ether oxygens (including phenoxy) is 1. The highest BCUT2D eigenvalue weighted by atomic mass is 32.2. The Morgan fingerprint density at radius 2 is 2.26 bits per heavy atom. The maximum Gasteiger partial charge on any atom is 0.310 e. The maximum atomic E-state index is 11.9. The van der Waals surface area contributed by atoms with Crippen LogP contribution in [0.3, 0.4) is 0 Å². The summed E-state index contributed by atoms with van der Waals surface area (Å²) in [5.74, 6) is 0.192. The van der Waals surface area contributed by atoms with Gasteiger partial charge in [-0.3, -0.25) is 9.59 Å². The lowest BCUT2D eigenvalue weighted by Gasteiger charge is -2.14. The molecular weight excluding hydrogens is 264 g/mol. The second kappa shape index (κ2) is 7.78. The first-order chi connectivity index (χ1) is 9.02. The van der Waals surface area contributed by atoms with E-state index in [1.54, 1.807) is 25.3 Å². The second-order valence-corrected chi connectivity index (χ2v) is 5.24. The predicted molar refractivity (Wildman–Crippen MR) is 75.6 cm³/mol. The zero-order valence-electron chi connectivity index (χ0n) is 11.1. The Morgan fingerprint density at radius 1 is 1.53 bits per heavy atom. The summed E-state index contributed by atoms with van der Waals surface area (Å²) in [5, 5.41) is -0.0106. The fraction of sp³-hybridized carbons (Fsp3) is 0.462. The normalized spacial score (nSPS) is 11.9. The van der Waals surface area contributed by atoms with Gasteiger partial charge in [0.05, 0.1) is 12.5 Å². The van der Waals surface area contributed by atoms with Crippen molar-refractivity contribution in [2.75, 3.05) is 18.1 Å². The molecule has 5 nitrogen and oxygen atoms in total. The minimum Gasteiger partial charge on any atom is -0.466 e. The molecule has 6 heteroatoms. The van der Waals surface area contributed by atoms with Crippen molar-refractivity contribution in [2.45, 2.75) is 20.3 Å². The average Bonchev–Trinajstić information content (AvgIpc) is 2.34. The Bertz CT molecular complexity index is 451. The number of hydrogen-bond donors (Lipinski definition) is 1. The van der Waals surface area contributed by atoms with E-state index in [-0.39, 0.29) is 17.0 Å². The standard InChI is InChI=1S/C13H18N2O3S/c1-3-18-13(17)11(8-19-9(2)16)6-10-4-5-15-12(14)7-10/h4-5,7,11H,3,6,8H2,1-2H3,(H2,14,15). The van der Waals surface area contributed by atoms with E-state index in [2.05, 4.69) is 4.98 Å². The largest absolute Gasteiger partial charge is 0.466 e. The van der Waals surface area contributed by atoms with Crippen molar-refractivity contribution >= 4 is 28.7 Å². The Balaban J connectivity index is 2.72. The number of hydrogen-bond acceptors (Lipinski definition) is 6. The third-order valence-corrected chi connectivity index (χ3v) is 3.41. The maximum absolute atomic E-state index is 11.9. The van der Waals surface area contributed by atoms with Crippen LogP contribution >= 0.6 is 11.8 Å². The molecule has 1 rings (SSSR count). The van der Waals surface area contributed by atoms with Crippen molar-refractivity contribution in [1.29, 1.82) is 0 Å². The fourth-order valence-electron chi connectivity index (χ4n) is 1.59. The monoisotopic (exact) mass is 282 g/mol. The number of nitrogens with zero attached hydrogens (tertiary/aromatic N) is 1. The third-order valence-electron chi connectivity index (χ3n) is 2.44. The van der Waals surface area contributed by atoms with E-state index >= 15 is 0 Å². The van der Waals surface area contributed by atoms with Gasteiger partial charge in [0.15, 0.2) is 5.12 Å². The molecule has 0 amide bonds. The number of nitrogens with two attached hydrogens (primary N) is 1. The molecule has 0 aliphatic rings. The van der Waals surface area contributed by atoms with E-state index in [0.717, 1.165) is 17.3 Å². The molecule has 0 radical (unpaired) electrons. The predicted octanol–water partition coefficient (Wildman–Crippen LogP) is 1.67. The Kier molecular flexibility index (Phi) is 6.35. The van der Waals surface area contributed by atoms with Crippen LogP contribution < -0.4 is 5.73 Å². The molecule has 2 N–H and O–H groups in total. The van der Waals surface area contributed by atoms with Crippen LogP contribution in [0, 0.1) is 5.92 Å². The summed E-state index contributed by atoms with van der Waals surface area (Å²) in [4.78, 5) is 26.8. The van der Waals surface area contributed by atoms with Gasteiger partial charge in [-0.15, -0.1) is 0 Å². The summed E-state index contributed by atoms with van der Waals surface area (Å²) in [7, 11) is 0. The van der Waals surface area contributed by atoms with Crippen molar-refractivity contribution in [3.63, 3.8) is 0 Å². The van der Waals surface area contributed by atoms with Gasteiger partial charge in [-0.25, -0.2) is 4.98 Å².